The van der Waals surface area contributed by atoms with E-state index < -0.39 is 5.97 Å². The normalized spacial score (nSPS) is 25.1. The highest BCUT2D eigenvalue weighted by atomic mass is 35.5. The number of hydrogen-bond acceptors (Lipinski definition) is 3. The lowest BCUT2D eigenvalue weighted by molar-refractivity contribution is -0.145. The molecule has 1 aromatic rings. The Morgan fingerprint density at radius 3 is 2.61 bits per heavy atom. The Morgan fingerprint density at radius 1 is 1.30 bits per heavy atom. The number of halogens is 2. The fourth-order valence-electron chi connectivity index (χ4n) is 4.00. The molecule has 0 radical (unpaired) electrons. The summed E-state index contributed by atoms with van der Waals surface area (Å²) in [6, 6.07) is 5.64. The molecular formula is C17H22Cl2N2O2. The fraction of sp³-hybridized carbons (Fsp3) is 0.588. The molecule has 2 aliphatic heterocycles. The molecule has 6 heteroatoms. The molecule has 1 spiro atoms. The second kappa shape index (κ2) is 6.60. The molecule has 1 N–H and O–H groups in total. The van der Waals surface area contributed by atoms with Gasteiger partial charge in [0.05, 0.1) is 16.0 Å². The van der Waals surface area contributed by atoms with Gasteiger partial charge in [-0.2, -0.15) is 0 Å². The van der Waals surface area contributed by atoms with Crippen LogP contribution in [0.5, 0.6) is 0 Å². The highest BCUT2D eigenvalue weighted by molar-refractivity contribution is 6.42. The van der Waals surface area contributed by atoms with E-state index in [1.54, 1.807) is 6.07 Å². The number of piperidine rings is 1. The van der Waals surface area contributed by atoms with E-state index in [0.29, 0.717) is 16.6 Å². The summed E-state index contributed by atoms with van der Waals surface area (Å²) in [5.74, 6) is -0.940. The fourth-order valence-corrected chi connectivity index (χ4v) is 4.32. The zero-order valence-corrected chi connectivity index (χ0v) is 14.8. The van der Waals surface area contributed by atoms with E-state index >= 15 is 0 Å². The SMILES string of the molecule is CN1CCC2(CC1)CN(Cc1ccc(Cl)c(Cl)c1)CC2C(=O)O. The van der Waals surface area contributed by atoms with Crippen LogP contribution >= 0.6 is 23.2 Å². The predicted octanol–water partition coefficient (Wildman–Crippen LogP) is 3.22. The monoisotopic (exact) mass is 356 g/mol. The maximum atomic E-state index is 11.8. The molecule has 126 valence electrons. The molecule has 0 amide bonds. The topological polar surface area (TPSA) is 43.8 Å². The van der Waals surface area contributed by atoms with Crippen molar-refractivity contribution < 1.29 is 9.90 Å². The lowest BCUT2D eigenvalue weighted by Gasteiger charge is -2.40. The molecule has 0 bridgehead atoms. The average Bonchev–Trinajstić information content (AvgIpc) is 2.85. The molecule has 1 atom stereocenters. The summed E-state index contributed by atoms with van der Waals surface area (Å²) in [6.07, 6.45) is 1.91. The van der Waals surface area contributed by atoms with Crippen molar-refractivity contribution in [1.29, 1.82) is 0 Å². The zero-order valence-electron chi connectivity index (χ0n) is 13.3. The number of hydrogen-bond donors (Lipinski definition) is 1. The minimum atomic E-state index is -0.661. The number of aliphatic carboxylic acids is 1. The van der Waals surface area contributed by atoms with Gasteiger partial charge >= 0.3 is 5.97 Å². The van der Waals surface area contributed by atoms with Gasteiger partial charge in [0, 0.05) is 25.0 Å². The minimum absolute atomic E-state index is 0.0887. The number of likely N-dealkylation sites (tertiary alicyclic amines) is 2. The Morgan fingerprint density at radius 2 is 2.00 bits per heavy atom. The van der Waals surface area contributed by atoms with Crippen LogP contribution in [0.3, 0.4) is 0 Å². The first-order valence-electron chi connectivity index (χ1n) is 7.97. The second-order valence-electron chi connectivity index (χ2n) is 6.97. The van der Waals surface area contributed by atoms with Crippen molar-refractivity contribution in [2.45, 2.75) is 19.4 Å². The zero-order chi connectivity index (χ0) is 16.6. The van der Waals surface area contributed by atoms with Gasteiger partial charge in [-0.1, -0.05) is 29.3 Å². The van der Waals surface area contributed by atoms with Crippen LogP contribution < -0.4 is 0 Å². The van der Waals surface area contributed by atoms with Gasteiger partial charge in [0.1, 0.15) is 0 Å². The van der Waals surface area contributed by atoms with E-state index in [-0.39, 0.29) is 11.3 Å². The van der Waals surface area contributed by atoms with Crippen LogP contribution in [0.25, 0.3) is 0 Å². The molecule has 0 aliphatic carbocycles. The summed E-state index contributed by atoms with van der Waals surface area (Å²) in [7, 11) is 2.10. The van der Waals surface area contributed by atoms with Gasteiger partial charge < -0.3 is 10.0 Å². The molecule has 1 aromatic carbocycles. The molecular weight excluding hydrogens is 335 g/mol. The number of rotatable bonds is 3. The van der Waals surface area contributed by atoms with Gasteiger partial charge in [0.25, 0.3) is 0 Å². The standard InChI is InChI=1S/C17H22Cl2N2O2/c1-20-6-4-17(5-7-20)11-21(10-13(17)16(22)23)9-12-2-3-14(18)15(19)8-12/h2-3,8,13H,4-7,9-11H2,1H3,(H,22,23). The van der Waals surface area contributed by atoms with Crippen LogP contribution in [0, 0.1) is 11.3 Å². The number of carbonyl (C=O) groups is 1. The van der Waals surface area contributed by atoms with Crippen molar-refractivity contribution in [3.63, 3.8) is 0 Å². The van der Waals surface area contributed by atoms with Crippen LogP contribution in [0.15, 0.2) is 18.2 Å². The van der Waals surface area contributed by atoms with Gasteiger partial charge in [-0.3, -0.25) is 9.69 Å². The number of carboxylic acids is 1. The van der Waals surface area contributed by atoms with Crippen molar-refractivity contribution in [3.8, 4) is 0 Å². The highest BCUT2D eigenvalue weighted by Gasteiger charge is 2.50. The van der Waals surface area contributed by atoms with Gasteiger partial charge in [-0.15, -0.1) is 0 Å². The van der Waals surface area contributed by atoms with E-state index in [1.165, 1.54) is 0 Å². The molecule has 4 nitrogen and oxygen atoms in total. The smallest absolute Gasteiger partial charge is 0.308 e. The molecule has 2 heterocycles. The first-order valence-corrected chi connectivity index (χ1v) is 8.73. The third kappa shape index (κ3) is 3.50. The van der Waals surface area contributed by atoms with E-state index in [9.17, 15) is 9.90 Å². The quantitative estimate of drug-likeness (QED) is 0.902. The molecule has 2 aliphatic rings. The molecule has 0 saturated carbocycles. The van der Waals surface area contributed by atoms with Crippen molar-refractivity contribution in [2.75, 3.05) is 33.2 Å². The first-order chi connectivity index (χ1) is 10.9. The summed E-state index contributed by atoms with van der Waals surface area (Å²) >= 11 is 12.1. The maximum Gasteiger partial charge on any atom is 0.308 e. The largest absolute Gasteiger partial charge is 0.481 e. The van der Waals surface area contributed by atoms with Crippen molar-refractivity contribution in [2.24, 2.45) is 11.3 Å². The van der Waals surface area contributed by atoms with Gasteiger partial charge in [0.15, 0.2) is 0 Å². The maximum absolute atomic E-state index is 11.8. The minimum Gasteiger partial charge on any atom is -0.481 e. The van der Waals surface area contributed by atoms with Crippen LogP contribution in [0.4, 0.5) is 0 Å². The van der Waals surface area contributed by atoms with Crippen LogP contribution in [-0.4, -0.2) is 54.1 Å². The highest BCUT2D eigenvalue weighted by Crippen LogP contribution is 2.45. The Bertz CT molecular complexity index is 600. The van der Waals surface area contributed by atoms with Crippen molar-refractivity contribution in [3.05, 3.63) is 33.8 Å². The lowest BCUT2D eigenvalue weighted by atomic mass is 9.71. The molecule has 2 fully saturated rings. The van der Waals surface area contributed by atoms with Gasteiger partial charge in [-0.05, 0) is 50.7 Å². The van der Waals surface area contributed by atoms with Gasteiger partial charge in [-0.25, -0.2) is 0 Å². The molecule has 0 aromatic heterocycles. The van der Waals surface area contributed by atoms with Crippen LogP contribution in [0.1, 0.15) is 18.4 Å². The summed E-state index contributed by atoms with van der Waals surface area (Å²) in [5.41, 5.74) is 0.989. The average molecular weight is 357 g/mol. The summed E-state index contributed by atoms with van der Waals surface area (Å²) in [4.78, 5) is 16.3. The first kappa shape index (κ1) is 17.0. The predicted molar refractivity (Wildman–Crippen MR) is 92.0 cm³/mol. The van der Waals surface area contributed by atoms with Gasteiger partial charge in [0.2, 0.25) is 0 Å². The second-order valence-corrected chi connectivity index (χ2v) is 7.79. The molecule has 2 saturated heterocycles. The Kier molecular flexibility index (Phi) is 4.88. The molecule has 3 rings (SSSR count). The molecule has 1 unspecified atom stereocenters. The summed E-state index contributed by atoms with van der Waals surface area (Å²) < 4.78 is 0. The van der Waals surface area contributed by atoms with E-state index in [0.717, 1.165) is 44.6 Å². The van der Waals surface area contributed by atoms with E-state index in [4.69, 9.17) is 23.2 Å². The Hall–Kier alpha value is -0.810. The van der Waals surface area contributed by atoms with Crippen molar-refractivity contribution in [1.82, 2.24) is 9.80 Å². The number of nitrogens with zero attached hydrogens (tertiary/aromatic N) is 2. The van der Waals surface area contributed by atoms with Crippen LogP contribution in [0.2, 0.25) is 10.0 Å². The van der Waals surface area contributed by atoms with E-state index in [2.05, 4.69) is 16.8 Å². The van der Waals surface area contributed by atoms with E-state index in [1.807, 2.05) is 12.1 Å². The third-order valence-corrected chi connectivity index (χ3v) is 6.13. The van der Waals surface area contributed by atoms with Crippen molar-refractivity contribution >= 4 is 29.2 Å². The summed E-state index contributed by atoms with van der Waals surface area (Å²) in [6.45, 7) is 4.13. The third-order valence-electron chi connectivity index (χ3n) is 5.39. The lowest BCUT2D eigenvalue weighted by Crippen LogP contribution is -2.44. The van der Waals surface area contributed by atoms with Crippen LogP contribution in [-0.2, 0) is 11.3 Å². The Balaban J connectivity index is 1.75. The number of benzene rings is 1. The molecule has 23 heavy (non-hydrogen) atoms. The Labute approximate surface area is 147 Å². The summed E-state index contributed by atoms with van der Waals surface area (Å²) in [5, 5.41) is 10.8. The number of carboxylic acid groups (broad SMARTS) is 1.